The second kappa shape index (κ2) is 6.17. The predicted octanol–water partition coefficient (Wildman–Crippen LogP) is 3.96. The van der Waals surface area contributed by atoms with Gasteiger partial charge in [-0.1, -0.05) is 46.5 Å². The Bertz CT molecular complexity index is 147. The fourth-order valence-electron chi connectivity index (χ4n) is 1.79. The van der Waals surface area contributed by atoms with Gasteiger partial charge < -0.3 is 4.79 Å². The van der Waals surface area contributed by atoms with Crippen LogP contribution in [0.25, 0.3) is 0 Å². The maximum atomic E-state index is 10.9. The first-order valence-corrected chi connectivity index (χ1v) is 5.47. The molecule has 78 valence electrons. The minimum Gasteiger partial charge on any atom is -0.300 e. The maximum absolute atomic E-state index is 10.9. The third kappa shape index (κ3) is 8.01. The summed E-state index contributed by atoms with van der Waals surface area (Å²) in [6, 6.07) is 0. The molecule has 0 atom stereocenters. The molecule has 0 spiro atoms. The molecule has 0 unspecified atom stereocenters. The summed E-state index contributed by atoms with van der Waals surface area (Å²) in [7, 11) is 0. The molecule has 0 heterocycles. The van der Waals surface area contributed by atoms with E-state index < -0.39 is 0 Å². The molecule has 0 aromatic heterocycles. The van der Waals surface area contributed by atoms with Crippen molar-refractivity contribution in [3.8, 4) is 0 Å². The maximum Gasteiger partial charge on any atom is 0.130 e. The van der Waals surface area contributed by atoms with Crippen LogP contribution in [0.15, 0.2) is 0 Å². The molecule has 0 N–H and O–H groups in total. The second-order valence-electron chi connectivity index (χ2n) is 4.85. The van der Waals surface area contributed by atoms with E-state index in [0.29, 0.717) is 5.78 Å². The lowest BCUT2D eigenvalue weighted by Gasteiger charge is -2.22. The number of Topliss-reactive ketones (excluding diaryl/α,β-unsaturated/α-hetero) is 1. The number of carbonyl (C=O) groups excluding carboxylic acids is 1. The van der Waals surface area contributed by atoms with Crippen molar-refractivity contribution in [3.63, 3.8) is 0 Å². The lowest BCUT2D eigenvalue weighted by molar-refractivity contribution is -0.118. The zero-order valence-corrected chi connectivity index (χ0v) is 9.65. The van der Waals surface area contributed by atoms with Crippen LogP contribution in [-0.2, 0) is 4.79 Å². The van der Waals surface area contributed by atoms with Gasteiger partial charge in [0.15, 0.2) is 0 Å². The molecule has 0 bridgehead atoms. The Morgan fingerprint density at radius 2 is 1.77 bits per heavy atom. The van der Waals surface area contributed by atoms with Gasteiger partial charge in [0.1, 0.15) is 5.78 Å². The van der Waals surface area contributed by atoms with Gasteiger partial charge in [0.05, 0.1) is 0 Å². The van der Waals surface area contributed by atoms with Gasteiger partial charge in [-0.2, -0.15) is 0 Å². The van der Waals surface area contributed by atoms with E-state index in [-0.39, 0.29) is 5.41 Å². The number of unbranched alkanes of at least 4 members (excludes halogenated alkanes) is 3. The fraction of sp³-hybridized carbons (Fsp3) is 0.917. The predicted molar refractivity (Wildman–Crippen MR) is 57.8 cm³/mol. The molecule has 13 heavy (non-hydrogen) atoms. The van der Waals surface area contributed by atoms with E-state index in [1.165, 1.54) is 32.1 Å². The van der Waals surface area contributed by atoms with Gasteiger partial charge >= 0.3 is 0 Å². The molecule has 1 heteroatoms. The lowest BCUT2D eigenvalue weighted by atomic mass is 9.82. The molecule has 0 aliphatic carbocycles. The van der Waals surface area contributed by atoms with E-state index in [0.717, 1.165) is 6.42 Å². The average Bonchev–Trinajstić information content (AvgIpc) is 1.95. The van der Waals surface area contributed by atoms with Crippen molar-refractivity contribution in [2.24, 2.45) is 5.41 Å². The number of rotatable bonds is 7. The lowest BCUT2D eigenvalue weighted by Crippen LogP contribution is -2.15. The molecule has 0 aromatic carbocycles. The van der Waals surface area contributed by atoms with E-state index in [9.17, 15) is 4.79 Å². The average molecular weight is 184 g/mol. The molecule has 1 nitrogen and oxygen atoms in total. The first-order chi connectivity index (χ1) is 5.98. The monoisotopic (exact) mass is 184 g/mol. The van der Waals surface area contributed by atoms with Crippen LogP contribution in [0.4, 0.5) is 0 Å². The van der Waals surface area contributed by atoms with Gasteiger partial charge in [-0.15, -0.1) is 0 Å². The summed E-state index contributed by atoms with van der Waals surface area (Å²) < 4.78 is 0. The van der Waals surface area contributed by atoms with Gasteiger partial charge in [-0.05, 0) is 18.8 Å². The van der Waals surface area contributed by atoms with E-state index >= 15 is 0 Å². The molecular weight excluding hydrogens is 160 g/mol. The molecule has 0 aliphatic heterocycles. The summed E-state index contributed by atoms with van der Waals surface area (Å²) in [4.78, 5) is 10.9. The standard InChI is InChI=1S/C12H24O/c1-5-6-7-8-9-12(3,4)10-11(2)13/h5-10H2,1-4H3. The number of ketones is 1. The van der Waals surface area contributed by atoms with Crippen LogP contribution in [0.2, 0.25) is 0 Å². The zero-order chi connectivity index (χ0) is 10.3. The third-order valence-electron chi connectivity index (χ3n) is 2.43. The first-order valence-electron chi connectivity index (χ1n) is 5.47. The second-order valence-corrected chi connectivity index (χ2v) is 4.85. The number of hydrogen-bond donors (Lipinski definition) is 0. The normalized spacial score (nSPS) is 11.7. The van der Waals surface area contributed by atoms with Crippen LogP contribution in [0.1, 0.15) is 66.2 Å². The Labute approximate surface area is 82.9 Å². The van der Waals surface area contributed by atoms with Gasteiger partial charge in [-0.25, -0.2) is 0 Å². The van der Waals surface area contributed by atoms with Crippen LogP contribution in [-0.4, -0.2) is 5.78 Å². The van der Waals surface area contributed by atoms with E-state index in [1.807, 2.05) is 0 Å². The quantitative estimate of drug-likeness (QED) is 0.547. The molecule has 0 aromatic rings. The summed E-state index contributed by atoms with van der Waals surface area (Å²) in [5.41, 5.74) is 0.222. The van der Waals surface area contributed by atoms with Gasteiger partial charge in [0, 0.05) is 6.42 Å². The van der Waals surface area contributed by atoms with Gasteiger partial charge in [0.2, 0.25) is 0 Å². The Morgan fingerprint density at radius 1 is 1.15 bits per heavy atom. The number of carbonyl (C=O) groups is 1. The molecule has 0 saturated carbocycles. The van der Waals surface area contributed by atoms with Crippen LogP contribution in [0.5, 0.6) is 0 Å². The van der Waals surface area contributed by atoms with Crippen molar-refractivity contribution in [2.75, 3.05) is 0 Å². The molecule has 0 saturated heterocycles. The van der Waals surface area contributed by atoms with E-state index in [1.54, 1.807) is 6.92 Å². The fourth-order valence-corrected chi connectivity index (χ4v) is 1.79. The van der Waals surface area contributed by atoms with Crippen LogP contribution in [0.3, 0.4) is 0 Å². The van der Waals surface area contributed by atoms with Crippen molar-refractivity contribution in [1.82, 2.24) is 0 Å². The third-order valence-corrected chi connectivity index (χ3v) is 2.43. The van der Waals surface area contributed by atoms with Crippen molar-refractivity contribution in [2.45, 2.75) is 66.2 Å². The molecule has 0 aliphatic rings. The van der Waals surface area contributed by atoms with Crippen molar-refractivity contribution < 1.29 is 4.79 Å². The van der Waals surface area contributed by atoms with Crippen molar-refractivity contribution >= 4 is 5.78 Å². The highest BCUT2D eigenvalue weighted by atomic mass is 16.1. The molecule has 0 fully saturated rings. The Morgan fingerprint density at radius 3 is 2.23 bits per heavy atom. The largest absolute Gasteiger partial charge is 0.300 e. The molecular formula is C12H24O. The highest BCUT2D eigenvalue weighted by Crippen LogP contribution is 2.27. The van der Waals surface area contributed by atoms with Crippen molar-refractivity contribution in [1.29, 1.82) is 0 Å². The minimum atomic E-state index is 0.222. The summed E-state index contributed by atoms with van der Waals surface area (Å²) in [5.74, 6) is 0.320. The zero-order valence-electron chi connectivity index (χ0n) is 9.65. The topological polar surface area (TPSA) is 17.1 Å². The summed E-state index contributed by atoms with van der Waals surface area (Å²) in [5, 5.41) is 0. The van der Waals surface area contributed by atoms with Crippen LogP contribution < -0.4 is 0 Å². The van der Waals surface area contributed by atoms with E-state index in [4.69, 9.17) is 0 Å². The Hall–Kier alpha value is -0.330. The number of hydrogen-bond acceptors (Lipinski definition) is 1. The minimum absolute atomic E-state index is 0.222. The van der Waals surface area contributed by atoms with Gasteiger partial charge in [0.25, 0.3) is 0 Å². The Balaban J connectivity index is 3.56. The highest BCUT2D eigenvalue weighted by Gasteiger charge is 2.18. The van der Waals surface area contributed by atoms with Crippen LogP contribution >= 0.6 is 0 Å². The summed E-state index contributed by atoms with van der Waals surface area (Å²) in [6.07, 6.45) is 7.13. The summed E-state index contributed by atoms with van der Waals surface area (Å²) in [6.45, 7) is 8.30. The smallest absolute Gasteiger partial charge is 0.130 e. The molecule has 0 radical (unpaired) electrons. The Kier molecular flexibility index (Phi) is 6.02. The first kappa shape index (κ1) is 12.7. The highest BCUT2D eigenvalue weighted by molar-refractivity contribution is 5.76. The SMILES string of the molecule is CCCCCCC(C)(C)CC(C)=O. The molecule has 0 rings (SSSR count). The van der Waals surface area contributed by atoms with Gasteiger partial charge in [-0.3, -0.25) is 0 Å². The van der Waals surface area contributed by atoms with Crippen molar-refractivity contribution in [3.05, 3.63) is 0 Å². The summed E-state index contributed by atoms with van der Waals surface area (Å²) >= 11 is 0. The van der Waals surface area contributed by atoms with Crippen LogP contribution in [0, 0.1) is 5.41 Å². The van der Waals surface area contributed by atoms with E-state index in [2.05, 4.69) is 20.8 Å². The molecule has 0 amide bonds.